The third kappa shape index (κ3) is 4.78. The zero-order valence-corrected chi connectivity index (χ0v) is 12.3. The van der Waals surface area contributed by atoms with Gasteiger partial charge in [-0.2, -0.15) is 8.42 Å². The van der Waals surface area contributed by atoms with Crippen LogP contribution in [0.5, 0.6) is 0 Å². The molecule has 102 valence electrons. The Morgan fingerprint density at radius 1 is 1.33 bits per heavy atom. The van der Waals surface area contributed by atoms with Crippen LogP contribution in [0.2, 0.25) is 0 Å². The number of aryl methyl sites for hydroxylation is 1. The third-order valence-electron chi connectivity index (χ3n) is 3.14. The Hall–Kier alpha value is -0.870. The van der Waals surface area contributed by atoms with Crippen LogP contribution >= 0.6 is 0 Å². The molecule has 1 aromatic rings. The molecule has 0 aliphatic rings. The lowest BCUT2D eigenvalue weighted by Crippen LogP contribution is -2.17. The maximum Gasteiger partial charge on any atom is 0.264 e. The zero-order valence-electron chi connectivity index (χ0n) is 11.5. The average molecular weight is 270 g/mol. The lowest BCUT2D eigenvalue weighted by molar-refractivity contribution is 0.241. The Kier molecular flexibility index (Phi) is 5.35. The zero-order chi connectivity index (χ0) is 13.8. The van der Waals surface area contributed by atoms with E-state index in [1.807, 2.05) is 13.0 Å². The Labute approximate surface area is 110 Å². The van der Waals surface area contributed by atoms with Crippen molar-refractivity contribution in [2.45, 2.75) is 33.1 Å². The average Bonchev–Trinajstić information content (AvgIpc) is 2.26. The number of hydrogen-bond acceptors (Lipinski definition) is 3. The molecule has 0 aliphatic heterocycles. The van der Waals surface area contributed by atoms with Crippen molar-refractivity contribution >= 4 is 10.1 Å². The summed E-state index contributed by atoms with van der Waals surface area (Å²) in [4.78, 5) is 0. The van der Waals surface area contributed by atoms with Crippen LogP contribution in [-0.4, -0.2) is 21.3 Å². The van der Waals surface area contributed by atoms with E-state index in [2.05, 4.69) is 32.0 Å². The van der Waals surface area contributed by atoms with Gasteiger partial charge in [-0.05, 0) is 30.7 Å². The molecule has 0 heterocycles. The molecule has 0 radical (unpaired) electrons. The number of benzene rings is 1. The summed E-state index contributed by atoms with van der Waals surface area (Å²) in [5.41, 5.74) is 2.48. The van der Waals surface area contributed by atoms with Crippen molar-refractivity contribution in [3.8, 4) is 0 Å². The number of hydrogen-bond donors (Lipinski definition) is 0. The highest BCUT2D eigenvalue weighted by molar-refractivity contribution is 7.85. The minimum Gasteiger partial charge on any atom is -0.270 e. The molecule has 0 N–H and O–H groups in total. The van der Waals surface area contributed by atoms with E-state index in [9.17, 15) is 8.42 Å². The van der Waals surface area contributed by atoms with Gasteiger partial charge in [0.1, 0.15) is 0 Å². The SMILES string of the molecule is CC[C@@H](c1cccc(C)c1)[C@@H](C)COS(C)(=O)=O. The number of rotatable bonds is 6. The van der Waals surface area contributed by atoms with Crippen LogP contribution in [0.15, 0.2) is 24.3 Å². The van der Waals surface area contributed by atoms with Gasteiger partial charge in [0.15, 0.2) is 0 Å². The van der Waals surface area contributed by atoms with E-state index >= 15 is 0 Å². The molecule has 1 aromatic carbocycles. The van der Waals surface area contributed by atoms with E-state index in [-0.39, 0.29) is 12.5 Å². The standard InChI is InChI=1S/C14H22O3S/c1-5-14(12(3)10-17-18(4,15)16)13-8-6-7-11(2)9-13/h6-9,12,14H,5,10H2,1-4H3/t12-,14+/m0/s1. The Morgan fingerprint density at radius 3 is 2.50 bits per heavy atom. The van der Waals surface area contributed by atoms with Crippen LogP contribution < -0.4 is 0 Å². The van der Waals surface area contributed by atoms with E-state index in [0.717, 1.165) is 12.7 Å². The maximum atomic E-state index is 11.0. The van der Waals surface area contributed by atoms with Gasteiger partial charge in [-0.25, -0.2) is 0 Å². The van der Waals surface area contributed by atoms with Crippen molar-refractivity contribution in [1.29, 1.82) is 0 Å². The molecule has 1 rings (SSSR count). The molecule has 0 fully saturated rings. The lowest BCUT2D eigenvalue weighted by atomic mass is 9.85. The molecular formula is C14H22O3S. The highest BCUT2D eigenvalue weighted by atomic mass is 32.2. The highest BCUT2D eigenvalue weighted by Crippen LogP contribution is 2.28. The van der Waals surface area contributed by atoms with Gasteiger partial charge >= 0.3 is 0 Å². The molecule has 0 aromatic heterocycles. The van der Waals surface area contributed by atoms with Crippen molar-refractivity contribution < 1.29 is 12.6 Å². The topological polar surface area (TPSA) is 43.4 Å². The Balaban J connectivity index is 2.77. The predicted molar refractivity (Wildman–Crippen MR) is 74.2 cm³/mol. The largest absolute Gasteiger partial charge is 0.270 e. The lowest BCUT2D eigenvalue weighted by Gasteiger charge is -2.23. The van der Waals surface area contributed by atoms with Crippen LogP contribution in [0.3, 0.4) is 0 Å². The molecule has 0 saturated carbocycles. The van der Waals surface area contributed by atoms with E-state index < -0.39 is 10.1 Å². The molecule has 0 unspecified atom stereocenters. The van der Waals surface area contributed by atoms with E-state index in [4.69, 9.17) is 4.18 Å². The van der Waals surface area contributed by atoms with Gasteiger partial charge in [-0.15, -0.1) is 0 Å². The first kappa shape index (κ1) is 15.2. The summed E-state index contributed by atoms with van der Waals surface area (Å²) >= 11 is 0. The summed E-state index contributed by atoms with van der Waals surface area (Å²) in [5.74, 6) is 0.498. The normalized spacial score (nSPS) is 15.3. The van der Waals surface area contributed by atoms with Gasteiger partial charge in [0.2, 0.25) is 0 Å². The maximum absolute atomic E-state index is 11.0. The first-order valence-corrected chi connectivity index (χ1v) is 8.06. The van der Waals surface area contributed by atoms with Gasteiger partial charge in [0, 0.05) is 0 Å². The predicted octanol–water partition coefficient (Wildman–Crippen LogP) is 3.10. The summed E-state index contributed by atoms with van der Waals surface area (Å²) in [6.07, 6.45) is 2.06. The highest BCUT2D eigenvalue weighted by Gasteiger charge is 2.19. The monoisotopic (exact) mass is 270 g/mol. The van der Waals surface area contributed by atoms with Gasteiger partial charge in [0.05, 0.1) is 12.9 Å². The fourth-order valence-electron chi connectivity index (χ4n) is 2.21. The van der Waals surface area contributed by atoms with Gasteiger partial charge in [-0.1, -0.05) is 43.7 Å². The second kappa shape index (κ2) is 6.34. The third-order valence-corrected chi connectivity index (χ3v) is 3.71. The molecular weight excluding hydrogens is 248 g/mol. The fourth-order valence-corrected chi connectivity index (χ4v) is 2.68. The van der Waals surface area contributed by atoms with Crippen LogP contribution in [-0.2, 0) is 14.3 Å². The van der Waals surface area contributed by atoms with Gasteiger partial charge in [0.25, 0.3) is 10.1 Å². The molecule has 18 heavy (non-hydrogen) atoms. The molecule has 0 spiro atoms. The molecule has 0 amide bonds. The Bertz CT molecular complexity index is 480. The quantitative estimate of drug-likeness (QED) is 0.746. The van der Waals surface area contributed by atoms with Crippen LogP contribution in [0.4, 0.5) is 0 Å². The minimum atomic E-state index is -3.35. The second-order valence-electron chi connectivity index (χ2n) is 4.89. The molecule has 3 nitrogen and oxygen atoms in total. The fraction of sp³-hybridized carbons (Fsp3) is 0.571. The second-order valence-corrected chi connectivity index (χ2v) is 6.54. The summed E-state index contributed by atoms with van der Waals surface area (Å²) in [5, 5.41) is 0. The van der Waals surface area contributed by atoms with Crippen LogP contribution in [0.1, 0.15) is 37.3 Å². The first-order valence-electron chi connectivity index (χ1n) is 6.24. The van der Waals surface area contributed by atoms with Gasteiger partial charge < -0.3 is 0 Å². The summed E-state index contributed by atoms with van der Waals surface area (Å²) in [7, 11) is -3.35. The van der Waals surface area contributed by atoms with Crippen molar-refractivity contribution in [1.82, 2.24) is 0 Å². The minimum absolute atomic E-state index is 0.173. The van der Waals surface area contributed by atoms with Crippen LogP contribution in [0, 0.1) is 12.8 Å². The summed E-state index contributed by atoms with van der Waals surface area (Å²) in [6, 6.07) is 8.36. The van der Waals surface area contributed by atoms with Crippen LogP contribution in [0.25, 0.3) is 0 Å². The van der Waals surface area contributed by atoms with Crippen molar-refractivity contribution in [2.75, 3.05) is 12.9 Å². The molecule has 0 aliphatic carbocycles. The molecule has 0 saturated heterocycles. The molecule has 4 heteroatoms. The van der Waals surface area contributed by atoms with E-state index in [0.29, 0.717) is 5.92 Å². The molecule has 0 bridgehead atoms. The van der Waals surface area contributed by atoms with Crippen molar-refractivity contribution in [2.24, 2.45) is 5.92 Å². The summed E-state index contributed by atoms with van der Waals surface area (Å²) in [6.45, 7) is 6.45. The smallest absolute Gasteiger partial charge is 0.264 e. The first-order chi connectivity index (χ1) is 8.33. The van der Waals surface area contributed by atoms with Gasteiger partial charge in [-0.3, -0.25) is 4.18 Å². The Morgan fingerprint density at radius 2 is 2.00 bits per heavy atom. The van der Waals surface area contributed by atoms with E-state index in [1.165, 1.54) is 11.1 Å². The van der Waals surface area contributed by atoms with Crippen molar-refractivity contribution in [3.05, 3.63) is 35.4 Å². The van der Waals surface area contributed by atoms with E-state index in [1.54, 1.807) is 0 Å². The molecule has 2 atom stereocenters. The summed E-state index contributed by atoms with van der Waals surface area (Å²) < 4.78 is 26.9. The van der Waals surface area contributed by atoms with Crippen molar-refractivity contribution in [3.63, 3.8) is 0 Å².